The minimum Gasteiger partial charge on any atom is -0.480 e. The molecule has 14 nitrogen and oxygen atoms in total. The number of carbonyl (C=O) groups excluding carboxylic acids is 2. The molecule has 0 unspecified atom stereocenters. The van der Waals surface area contributed by atoms with Gasteiger partial charge in [-0.05, 0) is 54.4 Å². The van der Waals surface area contributed by atoms with Crippen molar-refractivity contribution in [1.29, 1.82) is 0 Å². The SMILES string of the molecule is CC(C)(C)OC(=O)N[C@@H](CCO)C(=O)O.CCC[C@H](N)C(=O)O.CCC[C@H](NC(=O)OC(C)(C)C)C(=O)O. The summed E-state index contributed by atoms with van der Waals surface area (Å²) in [6.07, 6.45) is 0.935. The van der Waals surface area contributed by atoms with Crippen molar-refractivity contribution >= 4 is 30.1 Å². The molecule has 0 aliphatic heterocycles. The predicted molar refractivity (Wildman–Crippen MR) is 139 cm³/mol. The Morgan fingerprint density at radius 2 is 1.03 bits per heavy atom. The first-order valence-electron chi connectivity index (χ1n) is 12.2. The Morgan fingerprint density at radius 1 is 0.684 bits per heavy atom. The largest absolute Gasteiger partial charge is 0.480 e. The molecule has 3 atom stereocenters. The Kier molecular flexibility index (Phi) is 20.6. The summed E-state index contributed by atoms with van der Waals surface area (Å²) >= 11 is 0. The van der Waals surface area contributed by atoms with Crippen LogP contribution in [-0.2, 0) is 23.9 Å². The van der Waals surface area contributed by atoms with E-state index in [1.54, 1.807) is 41.5 Å². The van der Waals surface area contributed by atoms with Gasteiger partial charge in [0.1, 0.15) is 29.3 Å². The number of alkyl carbamates (subject to hydrolysis) is 2. The summed E-state index contributed by atoms with van der Waals surface area (Å²) < 4.78 is 9.82. The maximum Gasteiger partial charge on any atom is 0.408 e. The second-order valence-electron chi connectivity index (χ2n) is 10.1. The van der Waals surface area contributed by atoms with Gasteiger partial charge in [0.2, 0.25) is 0 Å². The smallest absolute Gasteiger partial charge is 0.408 e. The molecule has 0 rings (SSSR count). The number of hydrogen-bond acceptors (Lipinski definition) is 9. The standard InChI is InChI=1S/C10H19NO4.C9H17NO5.C5H11NO2/c1-5-6-7(8(12)13)11-9(14)15-10(2,3)4;1-9(2,3)15-8(14)10-6(4-5-11)7(12)13;1-2-3-4(6)5(7)8/h7H,5-6H2,1-4H3,(H,11,14)(H,12,13);6,11H,4-5H2,1-3H3,(H,10,14)(H,12,13);4H,2-3,6H2,1H3,(H,7,8)/t7-;6-;4-/m000/s1. The topological polar surface area (TPSA) is 235 Å². The van der Waals surface area contributed by atoms with Crippen LogP contribution < -0.4 is 16.4 Å². The van der Waals surface area contributed by atoms with E-state index in [9.17, 15) is 24.0 Å². The van der Waals surface area contributed by atoms with E-state index in [0.717, 1.165) is 6.42 Å². The minimum atomic E-state index is -1.20. The molecule has 0 aliphatic rings. The van der Waals surface area contributed by atoms with Gasteiger partial charge in [0.15, 0.2) is 0 Å². The van der Waals surface area contributed by atoms with Gasteiger partial charge in [-0.15, -0.1) is 0 Å². The first-order valence-corrected chi connectivity index (χ1v) is 12.2. The fourth-order valence-electron chi connectivity index (χ4n) is 2.27. The van der Waals surface area contributed by atoms with Crippen LogP contribution >= 0.6 is 0 Å². The zero-order valence-electron chi connectivity index (χ0n) is 23.7. The molecule has 2 amide bonds. The van der Waals surface area contributed by atoms with Crippen molar-refractivity contribution in [2.75, 3.05) is 6.61 Å². The number of rotatable bonds is 11. The lowest BCUT2D eigenvalue weighted by Crippen LogP contribution is -2.43. The summed E-state index contributed by atoms with van der Waals surface area (Å²) in [5.74, 6) is -3.15. The maximum atomic E-state index is 11.3. The molecule has 38 heavy (non-hydrogen) atoms. The number of amides is 2. The third-order valence-electron chi connectivity index (χ3n) is 3.89. The second kappa shape index (κ2) is 19.9. The number of carboxylic acids is 3. The van der Waals surface area contributed by atoms with Crippen LogP contribution in [0.1, 0.15) is 87.5 Å². The van der Waals surface area contributed by atoms with Gasteiger partial charge in [-0.2, -0.15) is 0 Å². The second-order valence-corrected chi connectivity index (χ2v) is 10.1. The lowest BCUT2D eigenvalue weighted by atomic mass is 10.2. The number of nitrogens with two attached hydrogens (primary N) is 1. The van der Waals surface area contributed by atoms with Gasteiger partial charge < -0.3 is 46.3 Å². The Hall–Kier alpha value is -3.13. The fourth-order valence-corrected chi connectivity index (χ4v) is 2.27. The highest BCUT2D eigenvalue weighted by Gasteiger charge is 2.24. The van der Waals surface area contributed by atoms with Gasteiger partial charge in [0.05, 0.1) is 0 Å². The first-order chi connectivity index (χ1) is 17.2. The molecule has 0 spiro atoms. The highest BCUT2D eigenvalue weighted by molar-refractivity contribution is 5.80. The number of aliphatic hydroxyl groups excluding tert-OH is 1. The number of carbonyl (C=O) groups is 5. The van der Waals surface area contributed by atoms with Crippen molar-refractivity contribution in [2.24, 2.45) is 5.73 Å². The molecule has 0 radical (unpaired) electrons. The molecule has 0 bridgehead atoms. The molecule has 0 aromatic heterocycles. The van der Waals surface area contributed by atoms with Crippen LogP contribution in [0.3, 0.4) is 0 Å². The van der Waals surface area contributed by atoms with Gasteiger partial charge in [-0.1, -0.05) is 26.7 Å². The van der Waals surface area contributed by atoms with Crippen molar-refractivity contribution in [3.63, 3.8) is 0 Å². The number of ether oxygens (including phenoxy) is 2. The summed E-state index contributed by atoms with van der Waals surface area (Å²) in [6, 6.07) is -2.66. The van der Waals surface area contributed by atoms with Crippen molar-refractivity contribution in [3.8, 4) is 0 Å². The van der Waals surface area contributed by atoms with Crippen molar-refractivity contribution in [3.05, 3.63) is 0 Å². The van der Waals surface area contributed by atoms with Crippen LogP contribution in [0, 0.1) is 0 Å². The number of nitrogens with one attached hydrogen (secondary N) is 2. The Balaban J connectivity index is -0.000000508. The van der Waals surface area contributed by atoms with Crippen LogP contribution in [0.15, 0.2) is 0 Å². The van der Waals surface area contributed by atoms with Gasteiger partial charge in [0, 0.05) is 13.0 Å². The van der Waals surface area contributed by atoms with Gasteiger partial charge in [-0.3, -0.25) is 4.79 Å². The molecule has 0 aromatic rings. The number of aliphatic carboxylic acids is 3. The van der Waals surface area contributed by atoms with Crippen LogP contribution in [0.5, 0.6) is 0 Å². The molecule has 0 heterocycles. The van der Waals surface area contributed by atoms with Crippen LogP contribution in [0.4, 0.5) is 9.59 Å². The van der Waals surface area contributed by atoms with Crippen molar-refractivity contribution in [1.82, 2.24) is 10.6 Å². The molecule has 0 aliphatic carbocycles. The third-order valence-corrected chi connectivity index (χ3v) is 3.89. The summed E-state index contributed by atoms with van der Waals surface area (Å²) in [5.41, 5.74) is 3.84. The minimum absolute atomic E-state index is 0.0470. The average molecular weight is 554 g/mol. The van der Waals surface area contributed by atoms with E-state index in [2.05, 4.69) is 10.6 Å². The molecule has 0 aromatic carbocycles. The monoisotopic (exact) mass is 553 g/mol. The quantitative estimate of drug-likeness (QED) is 0.195. The van der Waals surface area contributed by atoms with E-state index in [4.69, 9.17) is 35.6 Å². The van der Waals surface area contributed by atoms with E-state index in [1.165, 1.54) is 0 Å². The maximum absolute atomic E-state index is 11.3. The molecular weight excluding hydrogens is 506 g/mol. The first kappa shape index (κ1) is 39.4. The summed E-state index contributed by atoms with van der Waals surface area (Å²) in [6.45, 7) is 13.6. The van der Waals surface area contributed by atoms with Crippen LogP contribution in [0.2, 0.25) is 0 Å². The summed E-state index contributed by atoms with van der Waals surface area (Å²) in [5, 5.41) is 38.7. The van der Waals surface area contributed by atoms with E-state index < -0.39 is 59.4 Å². The molecule has 0 saturated heterocycles. The number of hydrogen-bond donors (Lipinski definition) is 7. The fraction of sp³-hybridized carbons (Fsp3) is 0.792. The summed E-state index contributed by atoms with van der Waals surface area (Å²) in [7, 11) is 0. The van der Waals surface area contributed by atoms with E-state index in [0.29, 0.717) is 19.3 Å². The summed E-state index contributed by atoms with van der Waals surface area (Å²) in [4.78, 5) is 53.7. The zero-order valence-corrected chi connectivity index (χ0v) is 23.7. The third kappa shape index (κ3) is 25.9. The molecule has 224 valence electrons. The molecular formula is C24H47N3O11. The van der Waals surface area contributed by atoms with E-state index in [1.807, 2.05) is 13.8 Å². The van der Waals surface area contributed by atoms with Crippen molar-refractivity contribution in [2.45, 2.75) is 117 Å². The number of carboxylic acid groups (broad SMARTS) is 3. The van der Waals surface area contributed by atoms with Crippen LogP contribution in [-0.4, -0.2) is 86.5 Å². The molecule has 0 fully saturated rings. The van der Waals surface area contributed by atoms with Gasteiger partial charge in [0.25, 0.3) is 0 Å². The predicted octanol–water partition coefficient (Wildman–Crippen LogP) is 2.31. The highest BCUT2D eigenvalue weighted by atomic mass is 16.6. The van der Waals surface area contributed by atoms with Gasteiger partial charge in [-0.25, -0.2) is 19.2 Å². The van der Waals surface area contributed by atoms with Gasteiger partial charge >= 0.3 is 30.1 Å². The lowest BCUT2D eigenvalue weighted by molar-refractivity contribution is -0.140. The van der Waals surface area contributed by atoms with Crippen molar-refractivity contribution < 1.29 is 53.9 Å². The Labute approximate surface area is 224 Å². The molecule has 8 N–H and O–H groups in total. The lowest BCUT2D eigenvalue weighted by Gasteiger charge is -2.21. The highest BCUT2D eigenvalue weighted by Crippen LogP contribution is 2.08. The average Bonchev–Trinajstić information content (AvgIpc) is 2.71. The zero-order chi connectivity index (χ0) is 30.7. The normalized spacial score (nSPS) is 13.1. The van der Waals surface area contributed by atoms with Crippen LogP contribution in [0.25, 0.3) is 0 Å². The number of aliphatic hydroxyl groups is 1. The van der Waals surface area contributed by atoms with E-state index in [-0.39, 0.29) is 13.0 Å². The Bertz CT molecular complexity index is 681. The molecule has 14 heteroatoms. The Morgan fingerprint density at radius 3 is 1.24 bits per heavy atom. The van der Waals surface area contributed by atoms with E-state index >= 15 is 0 Å². The molecule has 0 saturated carbocycles.